The molecule has 0 radical (unpaired) electrons. The van der Waals surface area contributed by atoms with E-state index in [2.05, 4.69) is 0 Å². The number of carboxylic acid groups (broad SMARTS) is 2. The van der Waals surface area contributed by atoms with Crippen molar-refractivity contribution in [2.24, 2.45) is 11.5 Å². The summed E-state index contributed by atoms with van der Waals surface area (Å²) in [5, 5.41) is 16.8. The molecule has 0 aromatic rings. The summed E-state index contributed by atoms with van der Waals surface area (Å²) in [7, 11) is 2.41. The van der Waals surface area contributed by atoms with Gasteiger partial charge in [-0.05, 0) is 0 Å². The van der Waals surface area contributed by atoms with Crippen molar-refractivity contribution >= 4 is 33.5 Å². The molecular formula is C6H12KN2O4S2+. The smallest absolute Gasteiger partial charge is 0.480 e. The Morgan fingerprint density at radius 1 is 1.00 bits per heavy atom. The Hall–Kier alpha value is 1.20. The van der Waals surface area contributed by atoms with Gasteiger partial charge >= 0.3 is 63.3 Å². The van der Waals surface area contributed by atoms with Crippen LogP contribution in [0.3, 0.4) is 0 Å². The summed E-state index contributed by atoms with van der Waals surface area (Å²) < 4.78 is 0. The topological polar surface area (TPSA) is 127 Å². The van der Waals surface area contributed by atoms with Crippen LogP contribution in [0.15, 0.2) is 0 Å². The maximum absolute atomic E-state index is 10.3. The van der Waals surface area contributed by atoms with Crippen LogP contribution >= 0.6 is 21.6 Å². The number of rotatable bonds is 7. The van der Waals surface area contributed by atoms with Crippen LogP contribution in [0, 0.1) is 0 Å². The van der Waals surface area contributed by atoms with Gasteiger partial charge in [-0.2, -0.15) is 0 Å². The van der Waals surface area contributed by atoms with Gasteiger partial charge in [0, 0.05) is 11.5 Å². The molecule has 6 nitrogen and oxygen atoms in total. The second-order valence-electron chi connectivity index (χ2n) is 2.46. The Bertz CT molecular complexity index is 197. The van der Waals surface area contributed by atoms with Crippen molar-refractivity contribution in [2.45, 2.75) is 12.1 Å². The van der Waals surface area contributed by atoms with Gasteiger partial charge in [0.15, 0.2) is 0 Å². The molecule has 0 aliphatic rings. The number of carbonyl (C=O) groups is 2. The van der Waals surface area contributed by atoms with Gasteiger partial charge in [-0.3, -0.25) is 9.59 Å². The molecule has 0 aromatic carbocycles. The van der Waals surface area contributed by atoms with Gasteiger partial charge in [0.05, 0.1) is 0 Å². The van der Waals surface area contributed by atoms with E-state index >= 15 is 0 Å². The minimum absolute atomic E-state index is 0. The zero-order valence-corrected chi connectivity index (χ0v) is 13.0. The van der Waals surface area contributed by atoms with E-state index in [9.17, 15) is 9.59 Å². The molecule has 6 N–H and O–H groups in total. The molecule has 0 amide bonds. The standard InChI is InChI=1S/C6H12N2O4S2.K/c7-3(5(9)10)1-13-14-2-4(8)6(11)12;/h3-4H,1-2,7-8H2,(H,9,10)(H,11,12);/q;+1. The molecule has 9 heteroatoms. The Morgan fingerprint density at radius 2 is 1.27 bits per heavy atom. The third-order valence-electron chi connectivity index (χ3n) is 1.21. The first-order chi connectivity index (χ1) is 6.45. The average Bonchev–Trinajstić information content (AvgIpc) is 2.11. The maximum Gasteiger partial charge on any atom is 1.00 e. The minimum atomic E-state index is -1.07. The first kappa shape index (κ1) is 18.6. The van der Waals surface area contributed by atoms with E-state index in [-0.39, 0.29) is 62.9 Å². The normalized spacial score (nSPS) is 13.7. The van der Waals surface area contributed by atoms with E-state index in [1.165, 1.54) is 21.6 Å². The Kier molecular flexibility index (Phi) is 12.8. The maximum atomic E-state index is 10.3. The van der Waals surface area contributed by atoms with Crippen molar-refractivity contribution in [2.75, 3.05) is 11.5 Å². The Balaban J connectivity index is 0. The summed E-state index contributed by atoms with van der Waals surface area (Å²) >= 11 is 0. The molecule has 82 valence electrons. The van der Waals surface area contributed by atoms with E-state index in [4.69, 9.17) is 21.7 Å². The SMILES string of the molecule is NC(CSSCC(N)C(=O)O)C(=O)O.[K+]. The Labute approximate surface area is 138 Å². The van der Waals surface area contributed by atoms with Crippen molar-refractivity contribution in [3.05, 3.63) is 0 Å². The van der Waals surface area contributed by atoms with Crippen molar-refractivity contribution < 1.29 is 71.2 Å². The number of nitrogens with two attached hydrogens (primary N) is 2. The van der Waals surface area contributed by atoms with Gasteiger partial charge in [-0.25, -0.2) is 0 Å². The molecule has 0 saturated carbocycles. The fourth-order valence-electron chi connectivity index (χ4n) is 0.385. The number of carboxylic acids is 2. The first-order valence-corrected chi connectivity index (χ1v) is 6.15. The van der Waals surface area contributed by atoms with Crippen molar-refractivity contribution in [1.82, 2.24) is 0 Å². The molecular weight excluding hydrogens is 267 g/mol. The molecule has 0 heterocycles. The summed E-state index contributed by atoms with van der Waals surface area (Å²) in [5.41, 5.74) is 10.4. The van der Waals surface area contributed by atoms with Crippen molar-refractivity contribution in [3.8, 4) is 0 Å². The first-order valence-electron chi connectivity index (χ1n) is 3.66. The fourth-order valence-corrected chi connectivity index (χ4v) is 2.61. The average molecular weight is 279 g/mol. The third-order valence-corrected chi connectivity index (χ3v) is 3.69. The summed E-state index contributed by atoms with van der Waals surface area (Å²) in [5.74, 6) is -1.68. The molecule has 0 fully saturated rings. The van der Waals surface area contributed by atoms with Crippen LogP contribution in [0.4, 0.5) is 0 Å². The van der Waals surface area contributed by atoms with Crippen LogP contribution < -0.4 is 62.9 Å². The molecule has 0 aliphatic carbocycles. The van der Waals surface area contributed by atoms with Gasteiger partial charge < -0.3 is 21.7 Å². The molecule has 0 aliphatic heterocycles. The quantitative estimate of drug-likeness (QED) is 0.212. The van der Waals surface area contributed by atoms with Gasteiger partial charge in [0.25, 0.3) is 0 Å². The molecule has 0 spiro atoms. The van der Waals surface area contributed by atoms with Gasteiger partial charge in [0.1, 0.15) is 12.1 Å². The Morgan fingerprint density at radius 3 is 1.47 bits per heavy atom. The van der Waals surface area contributed by atoms with E-state index in [1.54, 1.807) is 0 Å². The predicted octanol–water partition coefficient (Wildman–Crippen LogP) is -3.80. The largest absolute Gasteiger partial charge is 1.00 e. The number of aliphatic carboxylic acids is 2. The molecule has 0 aromatic heterocycles. The number of hydrogen-bond donors (Lipinski definition) is 4. The summed E-state index contributed by atoms with van der Waals surface area (Å²) in [6.07, 6.45) is 0. The van der Waals surface area contributed by atoms with Gasteiger partial charge in [-0.15, -0.1) is 0 Å². The molecule has 2 atom stereocenters. The molecule has 0 rings (SSSR count). The van der Waals surface area contributed by atoms with Crippen LogP contribution in [-0.4, -0.2) is 45.7 Å². The van der Waals surface area contributed by atoms with E-state index in [0.29, 0.717) is 0 Å². The van der Waals surface area contributed by atoms with Crippen LogP contribution in [0.25, 0.3) is 0 Å². The van der Waals surface area contributed by atoms with Crippen LogP contribution in [-0.2, 0) is 9.59 Å². The number of hydrogen-bond acceptors (Lipinski definition) is 6. The summed E-state index contributed by atoms with van der Waals surface area (Å²) in [4.78, 5) is 20.5. The monoisotopic (exact) mass is 279 g/mol. The second kappa shape index (κ2) is 10.4. The molecule has 2 unspecified atom stereocenters. The zero-order chi connectivity index (χ0) is 11.1. The minimum Gasteiger partial charge on any atom is -0.480 e. The molecule has 15 heavy (non-hydrogen) atoms. The van der Waals surface area contributed by atoms with Gasteiger partial charge in [0.2, 0.25) is 0 Å². The van der Waals surface area contributed by atoms with E-state index < -0.39 is 24.0 Å². The molecule has 0 saturated heterocycles. The van der Waals surface area contributed by atoms with Crippen LogP contribution in [0.5, 0.6) is 0 Å². The summed E-state index contributed by atoms with van der Waals surface area (Å²) in [6.45, 7) is 0. The second-order valence-corrected chi connectivity index (χ2v) is 5.01. The third kappa shape index (κ3) is 10.1. The van der Waals surface area contributed by atoms with Crippen molar-refractivity contribution in [1.29, 1.82) is 0 Å². The van der Waals surface area contributed by atoms with E-state index in [1.807, 2.05) is 0 Å². The van der Waals surface area contributed by atoms with Gasteiger partial charge in [-0.1, -0.05) is 21.6 Å². The van der Waals surface area contributed by atoms with Crippen LogP contribution in [0.2, 0.25) is 0 Å². The fraction of sp³-hybridized carbons (Fsp3) is 0.667. The van der Waals surface area contributed by atoms with E-state index in [0.717, 1.165) is 0 Å². The predicted molar refractivity (Wildman–Crippen MR) is 56.1 cm³/mol. The zero-order valence-electron chi connectivity index (χ0n) is 8.25. The molecule has 0 bridgehead atoms. The summed E-state index contributed by atoms with van der Waals surface area (Å²) in [6, 6.07) is -1.85. The van der Waals surface area contributed by atoms with Crippen molar-refractivity contribution in [3.63, 3.8) is 0 Å². The van der Waals surface area contributed by atoms with Crippen LogP contribution in [0.1, 0.15) is 0 Å².